The van der Waals surface area contributed by atoms with Crippen LogP contribution in [0.15, 0.2) is 59.4 Å². The van der Waals surface area contributed by atoms with Gasteiger partial charge in [-0.3, -0.25) is 9.59 Å². The Kier molecular flexibility index (Phi) is 5.57. The first-order valence-electron chi connectivity index (χ1n) is 8.25. The number of ether oxygens (including phenoxy) is 1. The van der Waals surface area contributed by atoms with E-state index in [0.29, 0.717) is 16.4 Å². The van der Waals surface area contributed by atoms with Crippen LogP contribution in [0.25, 0.3) is 11.3 Å². The second-order valence-electron chi connectivity index (χ2n) is 5.96. The van der Waals surface area contributed by atoms with Gasteiger partial charge in [0.05, 0.1) is 12.8 Å². The van der Waals surface area contributed by atoms with Gasteiger partial charge in [-0.1, -0.05) is 17.7 Å². The molecule has 2 aromatic carbocycles. The maximum absolute atomic E-state index is 12.3. The molecule has 0 aliphatic rings. The first kappa shape index (κ1) is 18.7. The molecule has 138 valence electrons. The summed E-state index contributed by atoms with van der Waals surface area (Å²) in [5.41, 5.74) is 2.53. The van der Waals surface area contributed by atoms with Gasteiger partial charge in [0.25, 0.3) is 5.56 Å². The standard InChI is InChI=1S/C20H18ClN3O3/c1-13-3-6-15(11-17(13)21)22-19(25)12-24-20(26)10-9-18(23-24)14-4-7-16(27-2)8-5-14/h3-11H,12H2,1-2H3,(H,22,25). The molecule has 0 aliphatic heterocycles. The average molecular weight is 384 g/mol. The van der Waals surface area contributed by atoms with Crippen molar-refractivity contribution in [2.45, 2.75) is 13.5 Å². The molecule has 1 N–H and O–H groups in total. The highest BCUT2D eigenvalue weighted by molar-refractivity contribution is 6.31. The van der Waals surface area contributed by atoms with E-state index in [1.54, 1.807) is 37.4 Å². The normalized spacial score (nSPS) is 10.5. The van der Waals surface area contributed by atoms with E-state index in [-0.39, 0.29) is 18.0 Å². The summed E-state index contributed by atoms with van der Waals surface area (Å²) < 4.78 is 6.26. The summed E-state index contributed by atoms with van der Waals surface area (Å²) in [7, 11) is 1.59. The van der Waals surface area contributed by atoms with E-state index in [0.717, 1.165) is 21.6 Å². The fraction of sp³-hybridized carbons (Fsp3) is 0.150. The van der Waals surface area contributed by atoms with Crippen molar-refractivity contribution in [3.05, 3.63) is 75.5 Å². The van der Waals surface area contributed by atoms with Crippen molar-refractivity contribution in [2.75, 3.05) is 12.4 Å². The fourth-order valence-electron chi connectivity index (χ4n) is 2.49. The molecule has 3 aromatic rings. The van der Waals surface area contributed by atoms with E-state index in [1.165, 1.54) is 6.07 Å². The fourth-order valence-corrected chi connectivity index (χ4v) is 2.67. The van der Waals surface area contributed by atoms with Crippen LogP contribution in [0.4, 0.5) is 5.69 Å². The lowest BCUT2D eigenvalue weighted by Crippen LogP contribution is -2.29. The minimum Gasteiger partial charge on any atom is -0.497 e. The van der Waals surface area contributed by atoms with E-state index >= 15 is 0 Å². The Balaban J connectivity index is 1.78. The molecule has 0 saturated carbocycles. The molecule has 0 atom stereocenters. The number of aromatic nitrogens is 2. The average Bonchev–Trinajstić information content (AvgIpc) is 2.66. The number of anilines is 1. The van der Waals surface area contributed by atoms with Crippen molar-refractivity contribution in [1.82, 2.24) is 9.78 Å². The Labute approximate surface area is 161 Å². The summed E-state index contributed by atoms with van der Waals surface area (Å²) in [5, 5.41) is 7.57. The number of methoxy groups -OCH3 is 1. The number of hydrogen-bond donors (Lipinski definition) is 1. The summed E-state index contributed by atoms with van der Waals surface area (Å²) in [6.45, 7) is 1.68. The number of nitrogens with one attached hydrogen (secondary N) is 1. The largest absolute Gasteiger partial charge is 0.497 e. The van der Waals surface area contributed by atoms with Gasteiger partial charge in [0.15, 0.2) is 0 Å². The predicted octanol–water partition coefficient (Wildman–Crippen LogP) is 3.52. The van der Waals surface area contributed by atoms with Crippen molar-refractivity contribution >= 4 is 23.2 Å². The van der Waals surface area contributed by atoms with E-state index in [1.807, 2.05) is 25.1 Å². The summed E-state index contributed by atoms with van der Waals surface area (Å²) in [6, 6.07) is 15.5. The van der Waals surface area contributed by atoms with Crippen LogP contribution in [0.3, 0.4) is 0 Å². The van der Waals surface area contributed by atoms with E-state index in [2.05, 4.69) is 10.4 Å². The summed E-state index contributed by atoms with van der Waals surface area (Å²) in [4.78, 5) is 24.4. The molecule has 0 fully saturated rings. The van der Waals surface area contributed by atoms with Crippen molar-refractivity contribution in [3.8, 4) is 17.0 Å². The van der Waals surface area contributed by atoms with Gasteiger partial charge in [-0.05, 0) is 55.0 Å². The van der Waals surface area contributed by atoms with Crippen molar-refractivity contribution < 1.29 is 9.53 Å². The topological polar surface area (TPSA) is 73.2 Å². The van der Waals surface area contributed by atoms with Gasteiger partial charge >= 0.3 is 0 Å². The van der Waals surface area contributed by atoms with Crippen LogP contribution >= 0.6 is 11.6 Å². The highest BCUT2D eigenvalue weighted by Gasteiger charge is 2.09. The zero-order chi connectivity index (χ0) is 19.4. The summed E-state index contributed by atoms with van der Waals surface area (Å²) in [6.07, 6.45) is 0. The molecule has 27 heavy (non-hydrogen) atoms. The first-order chi connectivity index (χ1) is 13.0. The number of halogens is 1. The number of nitrogens with zero attached hydrogens (tertiary/aromatic N) is 2. The van der Waals surface area contributed by atoms with E-state index in [4.69, 9.17) is 16.3 Å². The lowest BCUT2D eigenvalue weighted by atomic mass is 10.1. The highest BCUT2D eigenvalue weighted by Crippen LogP contribution is 2.21. The van der Waals surface area contributed by atoms with Crippen LogP contribution < -0.4 is 15.6 Å². The van der Waals surface area contributed by atoms with Gasteiger partial charge in [-0.2, -0.15) is 5.10 Å². The summed E-state index contributed by atoms with van der Waals surface area (Å²) in [5.74, 6) is 0.361. The third-order valence-electron chi connectivity index (χ3n) is 4.00. The van der Waals surface area contributed by atoms with Crippen molar-refractivity contribution in [2.24, 2.45) is 0 Å². The monoisotopic (exact) mass is 383 g/mol. The molecule has 1 amide bonds. The van der Waals surface area contributed by atoms with Crippen LogP contribution in [-0.2, 0) is 11.3 Å². The maximum atomic E-state index is 12.3. The van der Waals surface area contributed by atoms with Gasteiger partial charge in [0.1, 0.15) is 12.3 Å². The van der Waals surface area contributed by atoms with Gasteiger partial charge in [0.2, 0.25) is 5.91 Å². The number of amides is 1. The molecule has 0 bridgehead atoms. The Morgan fingerprint density at radius 3 is 2.56 bits per heavy atom. The molecule has 0 unspecified atom stereocenters. The lowest BCUT2D eigenvalue weighted by molar-refractivity contribution is -0.117. The number of rotatable bonds is 5. The van der Waals surface area contributed by atoms with Crippen LogP contribution in [0, 0.1) is 6.92 Å². The molecule has 7 heteroatoms. The summed E-state index contributed by atoms with van der Waals surface area (Å²) >= 11 is 6.07. The maximum Gasteiger partial charge on any atom is 0.267 e. The number of carbonyl (C=O) groups is 1. The molecule has 0 aliphatic carbocycles. The number of benzene rings is 2. The van der Waals surface area contributed by atoms with Gasteiger partial charge in [-0.25, -0.2) is 4.68 Å². The van der Waals surface area contributed by atoms with Crippen LogP contribution in [0.1, 0.15) is 5.56 Å². The molecule has 6 nitrogen and oxygen atoms in total. The number of hydrogen-bond acceptors (Lipinski definition) is 4. The highest BCUT2D eigenvalue weighted by atomic mass is 35.5. The van der Waals surface area contributed by atoms with E-state index in [9.17, 15) is 9.59 Å². The van der Waals surface area contributed by atoms with Crippen LogP contribution in [0.2, 0.25) is 5.02 Å². The van der Waals surface area contributed by atoms with Gasteiger partial charge < -0.3 is 10.1 Å². The number of aryl methyl sites for hydroxylation is 1. The third-order valence-corrected chi connectivity index (χ3v) is 4.41. The van der Waals surface area contributed by atoms with Gasteiger partial charge in [-0.15, -0.1) is 0 Å². The molecule has 1 heterocycles. The Morgan fingerprint density at radius 1 is 1.15 bits per heavy atom. The van der Waals surface area contributed by atoms with Crippen LogP contribution in [0.5, 0.6) is 5.75 Å². The Morgan fingerprint density at radius 2 is 1.89 bits per heavy atom. The molecular weight excluding hydrogens is 366 g/mol. The first-order valence-corrected chi connectivity index (χ1v) is 8.62. The zero-order valence-corrected chi connectivity index (χ0v) is 15.7. The Hall–Kier alpha value is -3.12. The minimum atomic E-state index is -0.364. The Bertz CT molecular complexity index is 1030. The van der Waals surface area contributed by atoms with Crippen molar-refractivity contribution in [3.63, 3.8) is 0 Å². The van der Waals surface area contributed by atoms with E-state index < -0.39 is 0 Å². The molecule has 0 spiro atoms. The molecule has 3 rings (SSSR count). The number of carbonyl (C=O) groups excluding carboxylic acids is 1. The molecule has 0 radical (unpaired) electrons. The van der Waals surface area contributed by atoms with Gasteiger partial charge in [0, 0.05) is 22.3 Å². The third kappa shape index (κ3) is 4.54. The second-order valence-corrected chi connectivity index (χ2v) is 6.36. The predicted molar refractivity (Wildman–Crippen MR) is 105 cm³/mol. The smallest absolute Gasteiger partial charge is 0.267 e. The molecular formula is C20H18ClN3O3. The lowest BCUT2D eigenvalue weighted by Gasteiger charge is -2.09. The minimum absolute atomic E-state index is 0.200. The molecule has 0 saturated heterocycles. The quantitative estimate of drug-likeness (QED) is 0.731. The second kappa shape index (κ2) is 8.05. The van der Waals surface area contributed by atoms with Crippen LogP contribution in [-0.4, -0.2) is 22.8 Å². The molecule has 1 aromatic heterocycles. The SMILES string of the molecule is COc1ccc(-c2ccc(=O)n(CC(=O)Nc3ccc(C)c(Cl)c3)n2)cc1. The zero-order valence-electron chi connectivity index (χ0n) is 14.9. The van der Waals surface area contributed by atoms with Crippen molar-refractivity contribution in [1.29, 1.82) is 0 Å².